The van der Waals surface area contributed by atoms with Gasteiger partial charge in [0.25, 0.3) is 0 Å². The monoisotopic (exact) mass is 291 g/mol. The van der Waals surface area contributed by atoms with Crippen LogP contribution in [-0.4, -0.2) is 42.4 Å². The maximum Gasteiger partial charge on any atom is 0.0900 e. The lowest BCUT2D eigenvalue weighted by atomic mass is 10.3. The minimum absolute atomic E-state index is 0.351. The van der Waals surface area contributed by atoms with E-state index in [4.69, 9.17) is 4.74 Å². The summed E-state index contributed by atoms with van der Waals surface area (Å²) in [6.45, 7) is 3.67. The van der Waals surface area contributed by atoms with Gasteiger partial charge < -0.3 is 9.84 Å². The Labute approximate surface area is 102 Å². The summed E-state index contributed by atoms with van der Waals surface area (Å²) >= 11 is 5.19. The van der Waals surface area contributed by atoms with Gasteiger partial charge >= 0.3 is 0 Å². The molecule has 1 aliphatic heterocycles. The lowest BCUT2D eigenvalue weighted by molar-refractivity contribution is 0.0562. The molecule has 0 aliphatic carbocycles. The highest BCUT2D eigenvalue weighted by Crippen LogP contribution is 2.23. The third kappa shape index (κ3) is 3.53. The SMILES string of the molecule is OC1COCCN(Cc2ccc(Br)s2)C1. The highest BCUT2D eigenvalue weighted by atomic mass is 79.9. The molecule has 1 N–H and O–H groups in total. The Balaban J connectivity index is 1.92. The van der Waals surface area contributed by atoms with Gasteiger partial charge in [-0.15, -0.1) is 11.3 Å². The van der Waals surface area contributed by atoms with Crippen LogP contribution in [0.1, 0.15) is 4.88 Å². The summed E-state index contributed by atoms with van der Waals surface area (Å²) in [6.07, 6.45) is -0.351. The van der Waals surface area contributed by atoms with Crippen LogP contribution in [0.15, 0.2) is 15.9 Å². The molecule has 1 atom stereocenters. The molecule has 0 saturated carbocycles. The average molecular weight is 292 g/mol. The number of aliphatic hydroxyl groups excluding tert-OH is 1. The second-order valence-corrected chi connectivity index (χ2v) is 6.22. The second-order valence-electron chi connectivity index (χ2n) is 3.67. The third-order valence-electron chi connectivity index (χ3n) is 2.34. The maximum absolute atomic E-state index is 9.57. The summed E-state index contributed by atoms with van der Waals surface area (Å²) in [5, 5.41) is 9.57. The van der Waals surface area contributed by atoms with Crippen LogP contribution in [0, 0.1) is 0 Å². The molecule has 0 amide bonds. The first kappa shape index (κ1) is 11.5. The Morgan fingerprint density at radius 3 is 3.20 bits per heavy atom. The Morgan fingerprint density at radius 1 is 1.60 bits per heavy atom. The van der Waals surface area contributed by atoms with Crippen LogP contribution in [0.25, 0.3) is 0 Å². The number of ether oxygens (including phenoxy) is 1. The van der Waals surface area contributed by atoms with E-state index in [2.05, 4.69) is 33.0 Å². The Bertz CT molecular complexity index is 318. The van der Waals surface area contributed by atoms with Crippen LogP contribution in [0.3, 0.4) is 0 Å². The van der Waals surface area contributed by atoms with Crippen LogP contribution < -0.4 is 0 Å². The van der Waals surface area contributed by atoms with Gasteiger partial charge in [-0.2, -0.15) is 0 Å². The number of halogens is 1. The molecule has 15 heavy (non-hydrogen) atoms. The van der Waals surface area contributed by atoms with Crippen molar-refractivity contribution in [2.45, 2.75) is 12.6 Å². The summed E-state index contributed by atoms with van der Waals surface area (Å²) in [5.41, 5.74) is 0. The van der Waals surface area contributed by atoms with Crippen molar-refractivity contribution in [3.8, 4) is 0 Å². The molecule has 84 valence electrons. The second kappa shape index (κ2) is 5.41. The van der Waals surface area contributed by atoms with E-state index in [1.165, 1.54) is 4.88 Å². The van der Waals surface area contributed by atoms with Crippen molar-refractivity contribution in [3.05, 3.63) is 20.8 Å². The Kier molecular flexibility index (Phi) is 4.16. The lowest BCUT2D eigenvalue weighted by Crippen LogP contribution is -2.31. The Morgan fingerprint density at radius 2 is 2.47 bits per heavy atom. The standard InChI is InChI=1S/C10H14BrNO2S/c11-10-2-1-9(15-10)6-12-3-4-14-7-8(13)5-12/h1-2,8,13H,3-7H2. The maximum atomic E-state index is 9.57. The van der Waals surface area contributed by atoms with E-state index in [0.29, 0.717) is 19.8 Å². The highest BCUT2D eigenvalue weighted by Gasteiger charge is 2.16. The van der Waals surface area contributed by atoms with Gasteiger partial charge in [0.15, 0.2) is 0 Å². The number of hydrogen-bond donors (Lipinski definition) is 1. The number of hydrogen-bond acceptors (Lipinski definition) is 4. The number of nitrogens with zero attached hydrogens (tertiary/aromatic N) is 1. The van der Waals surface area contributed by atoms with E-state index in [1.54, 1.807) is 11.3 Å². The zero-order chi connectivity index (χ0) is 10.7. The Hall–Kier alpha value is 0.0600. The molecule has 0 bridgehead atoms. The first-order valence-corrected chi connectivity index (χ1v) is 6.57. The van der Waals surface area contributed by atoms with Crippen LogP contribution in [0.5, 0.6) is 0 Å². The van der Waals surface area contributed by atoms with E-state index in [-0.39, 0.29) is 6.10 Å². The lowest BCUT2D eigenvalue weighted by Gasteiger charge is -2.19. The molecule has 1 fully saturated rings. The van der Waals surface area contributed by atoms with Gasteiger partial charge in [-0.3, -0.25) is 4.90 Å². The fourth-order valence-electron chi connectivity index (χ4n) is 1.66. The highest BCUT2D eigenvalue weighted by molar-refractivity contribution is 9.11. The van der Waals surface area contributed by atoms with Crippen molar-refractivity contribution < 1.29 is 9.84 Å². The molecule has 2 heterocycles. The largest absolute Gasteiger partial charge is 0.389 e. The predicted molar refractivity (Wildman–Crippen MR) is 64.1 cm³/mol. The van der Waals surface area contributed by atoms with Crippen molar-refractivity contribution in [2.24, 2.45) is 0 Å². The molecule has 0 aromatic carbocycles. The normalized spacial score (nSPS) is 24.0. The van der Waals surface area contributed by atoms with E-state index in [0.717, 1.165) is 16.9 Å². The van der Waals surface area contributed by atoms with Crippen molar-refractivity contribution in [3.63, 3.8) is 0 Å². The number of thiophene rings is 1. The summed E-state index contributed by atoms with van der Waals surface area (Å²) in [6, 6.07) is 4.18. The molecule has 1 aromatic rings. The summed E-state index contributed by atoms with van der Waals surface area (Å²) < 4.78 is 6.44. The average Bonchev–Trinajstić information content (AvgIpc) is 2.46. The summed E-state index contributed by atoms with van der Waals surface area (Å²) in [5.74, 6) is 0. The third-order valence-corrected chi connectivity index (χ3v) is 3.95. The van der Waals surface area contributed by atoms with Crippen molar-refractivity contribution in [1.29, 1.82) is 0 Å². The van der Waals surface area contributed by atoms with Crippen molar-refractivity contribution in [2.75, 3.05) is 26.3 Å². The van der Waals surface area contributed by atoms with Gasteiger partial charge in [0.1, 0.15) is 0 Å². The zero-order valence-corrected chi connectivity index (χ0v) is 10.8. The topological polar surface area (TPSA) is 32.7 Å². The van der Waals surface area contributed by atoms with Gasteiger partial charge in [0.05, 0.1) is 23.1 Å². The van der Waals surface area contributed by atoms with Crippen LogP contribution >= 0.6 is 27.3 Å². The minimum atomic E-state index is -0.351. The van der Waals surface area contributed by atoms with Gasteiger partial charge in [-0.25, -0.2) is 0 Å². The van der Waals surface area contributed by atoms with Gasteiger partial charge in [0.2, 0.25) is 0 Å². The van der Waals surface area contributed by atoms with Gasteiger partial charge in [-0.1, -0.05) is 0 Å². The van der Waals surface area contributed by atoms with E-state index in [9.17, 15) is 5.11 Å². The van der Waals surface area contributed by atoms with Gasteiger partial charge in [-0.05, 0) is 28.1 Å². The molecule has 5 heteroatoms. The van der Waals surface area contributed by atoms with Crippen molar-refractivity contribution in [1.82, 2.24) is 4.90 Å². The molecule has 1 aliphatic rings. The van der Waals surface area contributed by atoms with E-state index >= 15 is 0 Å². The molecular formula is C10H14BrNO2S. The molecule has 1 unspecified atom stereocenters. The predicted octanol–water partition coefficient (Wildman–Crippen LogP) is 1.70. The summed E-state index contributed by atoms with van der Waals surface area (Å²) in [7, 11) is 0. The van der Waals surface area contributed by atoms with Crippen LogP contribution in [-0.2, 0) is 11.3 Å². The molecule has 0 spiro atoms. The number of β-amino-alcohol motifs (C(OH)–C–C–N with tert-alkyl or cyclic N) is 1. The molecule has 1 aromatic heterocycles. The number of rotatable bonds is 2. The van der Waals surface area contributed by atoms with E-state index < -0.39 is 0 Å². The fourth-order valence-corrected chi connectivity index (χ4v) is 3.18. The smallest absolute Gasteiger partial charge is 0.0900 e. The molecule has 2 rings (SSSR count). The fraction of sp³-hybridized carbons (Fsp3) is 0.600. The molecular weight excluding hydrogens is 278 g/mol. The first-order valence-electron chi connectivity index (χ1n) is 4.96. The molecule has 3 nitrogen and oxygen atoms in total. The molecule has 1 saturated heterocycles. The molecule has 0 radical (unpaired) electrons. The van der Waals surface area contributed by atoms with Crippen molar-refractivity contribution >= 4 is 27.3 Å². The summed E-state index contributed by atoms with van der Waals surface area (Å²) in [4.78, 5) is 3.55. The zero-order valence-electron chi connectivity index (χ0n) is 8.36. The van der Waals surface area contributed by atoms with E-state index in [1.807, 2.05) is 0 Å². The van der Waals surface area contributed by atoms with Gasteiger partial charge in [0, 0.05) is 24.5 Å². The van der Waals surface area contributed by atoms with Crippen LogP contribution in [0.4, 0.5) is 0 Å². The first-order chi connectivity index (χ1) is 7.24. The van der Waals surface area contributed by atoms with Crippen LogP contribution in [0.2, 0.25) is 0 Å². The minimum Gasteiger partial charge on any atom is -0.389 e. The number of aliphatic hydroxyl groups is 1. The quantitative estimate of drug-likeness (QED) is 0.900.